The Bertz CT molecular complexity index is 1140. The standard InChI is InChI=1S/C24H24N4O/c29-24(23-14-21-20-6-2-1-5-18(20)7-8-22(21)27-23)26-19-9-12-28(13-10-19)16-17-4-3-11-25-15-17/h1-8,11,14-15,19,27H,9-10,12-13,16H2,(H,26,29). The summed E-state index contributed by atoms with van der Waals surface area (Å²) in [7, 11) is 0. The highest BCUT2D eigenvalue weighted by atomic mass is 16.1. The molecule has 0 unspecified atom stereocenters. The summed E-state index contributed by atoms with van der Waals surface area (Å²) in [6.07, 6.45) is 5.66. The summed E-state index contributed by atoms with van der Waals surface area (Å²) in [4.78, 5) is 22.7. The third-order valence-electron chi connectivity index (χ3n) is 5.83. The van der Waals surface area contributed by atoms with Gasteiger partial charge < -0.3 is 10.3 Å². The van der Waals surface area contributed by atoms with Crippen molar-refractivity contribution in [2.75, 3.05) is 13.1 Å². The average Bonchev–Trinajstić information content (AvgIpc) is 3.21. The highest BCUT2D eigenvalue weighted by Crippen LogP contribution is 2.26. The van der Waals surface area contributed by atoms with Gasteiger partial charge in [0.2, 0.25) is 0 Å². The summed E-state index contributed by atoms with van der Waals surface area (Å²) >= 11 is 0. The molecule has 5 rings (SSSR count). The summed E-state index contributed by atoms with van der Waals surface area (Å²) in [6.45, 7) is 2.89. The first-order valence-electron chi connectivity index (χ1n) is 10.2. The zero-order valence-corrected chi connectivity index (χ0v) is 16.3. The fourth-order valence-electron chi connectivity index (χ4n) is 4.26. The second-order valence-electron chi connectivity index (χ2n) is 7.82. The fraction of sp³-hybridized carbons (Fsp3) is 0.250. The average molecular weight is 384 g/mol. The minimum Gasteiger partial charge on any atom is -0.351 e. The summed E-state index contributed by atoms with van der Waals surface area (Å²) in [5.74, 6) is -0.0176. The van der Waals surface area contributed by atoms with Crippen LogP contribution >= 0.6 is 0 Å². The monoisotopic (exact) mass is 384 g/mol. The van der Waals surface area contributed by atoms with Crippen molar-refractivity contribution in [2.45, 2.75) is 25.4 Å². The predicted octanol–water partition coefficient (Wildman–Crippen LogP) is 4.11. The number of aromatic amines is 1. The topological polar surface area (TPSA) is 61.0 Å². The molecular weight excluding hydrogens is 360 g/mol. The molecule has 2 aromatic carbocycles. The molecule has 1 fully saturated rings. The molecule has 29 heavy (non-hydrogen) atoms. The van der Waals surface area contributed by atoms with E-state index in [0.717, 1.165) is 43.4 Å². The Morgan fingerprint density at radius 2 is 1.93 bits per heavy atom. The zero-order valence-electron chi connectivity index (χ0n) is 16.3. The number of aromatic nitrogens is 2. The number of fused-ring (bicyclic) bond motifs is 3. The van der Waals surface area contributed by atoms with Crippen molar-refractivity contribution in [3.8, 4) is 0 Å². The van der Waals surface area contributed by atoms with Crippen LogP contribution in [0.5, 0.6) is 0 Å². The summed E-state index contributed by atoms with van der Waals surface area (Å²) < 4.78 is 0. The number of pyridine rings is 1. The molecule has 0 bridgehead atoms. The normalized spacial score (nSPS) is 15.7. The highest BCUT2D eigenvalue weighted by Gasteiger charge is 2.22. The van der Waals surface area contributed by atoms with E-state index >= 15 is 0 Å². The largest absolute Gasteiger partial charge is 0.351 e. The number of piperidine rings is 1. The SMILES string of the molecule is O=C(NC1CCN(Cc2cccnc2)CC1)c1cc2c(ccc3ccccc32)[nH]1. The van der Waals surface area contributed by atoms with Gasteiger partial charge in [-0.1, -0.05) is 36.4 Å². The van der Waals surface area contributed by atoms with Crippen molar-refractivity contribution in [3.63, 3.8) is 0 Å². The number of H-pyrrole nitrogens is 1. The van der Waals surface area contributed by atoms with E-state index in [1.807, 2.05) is 36.5 Å². The first-order valence-corrected chi connectivity index (χ1v) is 10.2. The third-order valence-corrected chi connectivity index (χ3v) is 5.83. The van der Waals surface area contributed by atoms with E-state index in [2.05, 4.69) is 44.5 Å². The lowest BCUT2D eigenvalue weighted by atomic mass is 10.0. The molecule has 1 aliphatic heterocycles. The number of rotatable bonds is 4. The number of hydrogen-bond donors (Lipinski definition) is 2. The Morgan fingerprint density at radius 1 is 1.07 bits per heavy atom. The Hall–Kier alpha value is -3.18. The van der Waals surface area contributed by atoms with Gasteiger partial charge in [-0.15, -0.1) is 0 Å². The first-order chi connectivity index (χ1) is 14.3. The Balaban J connectivity index is 1.24. The van der Waals surface area contributed by atoms with Gasteiger partial charge in [-0.3, -0.25) is 14.7 Å². The number of carbonyl (C=O) groups is 1. The van der Waals surface area contributed by atoms with Crippen LogP contribution in [0.2, 0.25) is 0 Å². The molecule has 1 amide bonds. The van der Waals surface area contributed by atoms with Gasteiger partial charge >= 0.3 is 0 Å². The highest BCUT2D eigenvalue weighted by molar-refractivity contribution is 6.09. The van der Waals surface area contributed by atoms with Crippen molar-refractivity contribution >= 4 is 27.6 Å². The second kappa shape index (κ2) is 7.68. The molecule has 0 aliphatic carbocycles. The van der Waals surface area contributed by atoms with E-state index in [-0.39, 0.29) is 11.9 Å². The molecule has 1 saturated heterocycles. The summed E-state index contributed by atoms with van der Waals surface area (Å²) in [6, 6.07) is 18.7. The summed E-state index contributed by atoms with van der Waals surface area (Å²) in [5.41, 5.74) is 2.87. The van der Waals surface area contributed by atoms with Crippen LogP contribution in [-0.2, 0) is 6.54 Å². The van der Waals surface area contributed by atoms with E-state index < -0.39 is 0 Å². The van der Waals surface area contributed by atoms with E-state index in [1.165, 1.54) is 16.3 Å². The molecular formula is C24H24N4O. The lowest BCUT2D eigenvalue weighted by molar-refractivity contribution is 0.0904. The number of amides is 1. The lowest BCUT2D eigenvalue weighted by Crippen LogP contribution is -2.44. The number of carbonyl (C=O) groups excluding carboxylic acids is 1. The van der Waals surface area contributed by atoms with Gasteiger partial charge in [-0.25, -0.2) is 0 Å². The number of likely N-dealkylation sites (tertiary alicyclic amines) is 1. The number of nitrogens with one attached hydrogen (secondary N) is 2. The van der Waals surface area contributed by atoms with Crippen molar-refractivity contribution in [3.05, 3.63) is 78.2 Å². The summed E-state index contributed by atoms with van der Waals surface area (Å²) in [5, 5.41) is 6.67. The zero-order chi connectivity index (χ0) is 19.6. The van der Waals surface area contributed by atoms with Gasteiger partial charge in [0.15, 0.2) is 0 Å². The van der Waals surface area contributed by atoms with Gasteiger partial charge in [-0.2, -0.15) is 0 Å². The number of hydrogen-bond acceptors (Lipinski definition) is 3. The molecule has 1 aliphatic rings. The van der Waals surface area contributed by atoms with Crippen LogP contribution in [0, 0.1) is 0 Å². The molecule has 0 spiro atoms. The van der Waals surface area contributed by atoms with Crippen LogP contribution < -0.4 is 5.32 Å². The molecule has 2 aromatic heterocycles. The molecule has 0 atom stereocenters. The first kappa shape index (κ1) is 17.9. The Labute approximate surface area is 169 Å². The Kier molecular flexibility index (Phi) is 4.74. The van der Waals surface area contributed by atoms with Crippen molar-refractivity contribution < 1.29 is 4.79 Å². The third kappa shape index (κ3) is 3.74. The van der Waals surface area contributed by atoms with Gasteiger partial charge in [0, 0.05) is 49.0 Å². The minimum absolute atomic E-state index is 0.0176. The van der Waals surface area contributed by atoms with E-state index in [9.17, 15) is 4.79 Å². The van der Waals surface area contributed by atoms with Crippen molar-refractivity contribution in [1.82, 2.24) is 20.2 Å². The number of nitrogens with zero attached hydrogens (tertiary/aromatic N) is 2. The maximum Gasteiger partial charge on any atom is 0.267 e. The van der Waals surface area contributed by atoms with E-state index in [0.29, 0.717) is 5.69 Å². The van der Waals surface area contributed by atoms with Crippen LogP contribution in [-0.4, -0.2) is 39.9 Å². The van der Waals surface area contributed by atoms with Crippen molar-refractivity contribution in [2.24, 2.45) is 0 Å². The molecule has 0 radical (unpaired) electrons. The van der Waals surface area contributed by atoms with E-state index in [4.69, 9.17) is 0 Å². The van der Waals surface area contributed by atoms with Gasteiger partial charge in [-0.05, 0) is 47.4 Å². The molecule has 0 saturated carbocycles. The maximum atomic E-state index is 12.8. The number of benzene rings is 2. The van der Waals surface area contributed by atoms with Crippen molar-refractivity contribution in [1.29, 1.82) is 0 Å². The lowest BCUT2D eigenvalue weighted by Gasteiger charge is -2.32. The molecule has 5 heteroatoms. The second-order valence-corrected chi connectivity index (χ2v) is 7.82. The minimum atomic E-state index is -0.0176. The van der Waals surface area contributed by atoms with Crippen LogP contribution in [0.3, 0.4) is 0 Å². The van der Waals surface area contributed by atoms with Crippen LogP contribution in [0.25, 0.3) is 21.7 Å². The molecule has 146 valence electrons. The van der Waals surface area contributed by atoms with Crippen LogP contribution in [0.1, 0.15) is 28.9 Å². The maximum absolute atomic E-state index is 12.8. The van der Waals surface area contributed by atoms with Crippen LogP contribution in [0.4, 0.5) is 0 Å². The van der Waals surface area contributed by atoms with E-state index in [1.54, 1.807) is 6.20 Å². The molecule has 3 heterocycles. The molecule has 2 N–H and O–H groups in total. The van der Waals surface area contributed by atoms with Gasteiger partial charge in [0.1, 0.15) is 5.69 Å². The fourth-order valence-corrected chi connectivity index (χ4v) is 4.26. The van der Waals surface area contributed by atoms with Gasteiger partial charge in [0.05, 0.1) is 0 Å². The predicted molar refractivity (Wildman–Crippen MR) is 116 cm³/mol. The quantitative estimate of drug-likeness (QED) is 0.557. The Morgan fingerprint density at radius 3 is 2.76 bits per heavy atom. The van der Waals surface area contributed by atoms with Crippen LogP contribution in [0.15, 0.2) is 67.0 Å². The smallest absolute Gasteiger partial charge is 0.267 e. The van der Waals surface area contributed by atoms with Gasteiger partial charge in [0.25, 0.3) is 5.91 Å². The molecule has 5 nitrogen and oxygen atoms in total. The molecule has 4 aromatic rings.